The highest BCUT2D eigenvalue weighted by Crippen LogP contribution is 2.35. The van der Waals surface area contributed by atoms with Gasteiger partial charge in [-0.3, -0.25) is 14.4 Å². The highest BCUT2D eigenvalue weighted by Gasteiger charge is 2.26. The quantitative estimate of drug-likeness (QED) is 0.371. The molecule has 0 aliphatic carbocycles. The molecule has 1 amide bonds. The smallest absolute Gasteiger partial charge is 0.311 e. The number of amides is 1. The molecule has 10 heteroatoms. The predicted molar refractivity (Wildman–Crippen MR) is 123 cm³/mol. The third kappa shape index (κ3) is 6.63. The van der Waals surface area contributed by atoms with E-state index in [9.17, 15) is 19.5 Å². The Kier molecular flexibility index (Phi) is 9.11. The second-order valence-corrected chi connectivity index (χ2v) is 7.10. The standard InChI is InChI=1S/C23H24ClNO8/c1-30-14-10-19(32-3)15(20(11-14)33-4)6-8-22(27)25-13-5-7-18(31-2)16(9-13)17(23(28)29)12-21(24)26/h5-11,17H,12H2,1-4H3,(H,25,27)(H,28,29). The van der Waals surface area contributed by atoms with Crippen LogP contribution in [0.2, 0.25) is 0 Å². The number of carboxylic acid groups (broad SMARTS) is 1. The Morgan fingerprint density at radius 3 is 2.06 bits per heavy atom. The maximum Gasteiger partial charge on any atom is 0.311 e. The molecule has 0 heterocycles. The highest BCUT2D eigenvalue weighted by atomic mass is 35.5. The van der Waals surface area contributed by atoms with E-state index in [-0.39, 0.29) is 11.3 Å². The average molecular weight is 478 g/mol. The lowest BCUT2D eigenvalue weighted by molar-refractivity contribution is -0.140. The van der Waals surface area contributed by atoms with Crippen molar-refractivity contribution in [3.8, 4) is 23.0 Å². The maximum atomic E-state index is 12.5. The van der Waals surface area contributed by atoms with Crippen molar-refractivity contribution in [3.05, 3.63) is 47.5 Å². The number of hydrogen-bond acceptors (Lipinski definition) is 7. The number of hydrogen-bond donors (Lipinski definition) is 2. The van der Waals surface area contributed by atoms with Gasteiger partial charge in [-0.2, -0.15) is 0 Å². The molecule has 0 saturated heterocycles. The molecule has 0 fully saturated rings. The van der Waals surface area contributed by atoms with Crippen molar-refractivity contribution in [1.82, 2.24) is 0 Å². The molecule has 9 nitrogen and oxygen atoms in total. The minimum Gasteiger partial charge on any atom is -0.496 e. The zero-order valence-corrected chi connectivity index (χ0v) is 19.3. The van der Waals surface area contributed by atoms with Crippen molar-refractivity contribution in [3.63, 3.8) is 0 Å². The van der Waals surface area contributed by atoms with Gasteiger partial charge in [0.1, 0.15) is 23.0 Å². The number of anilines is 1. The number of ether oxygens (including phenoxy) is 4. The minimum absolute atomic E-state index is 0.208. The molecule has 1 atom stereocenters. The summed E-state index contributed by atoms with van der Waals surface area (Å²) in [6, 6.07) is 7.78. The Labute approximate surface area is 195 Å². The van der Waals surface area contributed by atoms with Crippen molar-refractivity contribution in [2.24, 2.45) is 0 Å². The molecule has 0 spiro atoms. The van der Waals surface area contributed by atoms with Gasteiger partial charge in [0.25, 0.3) is 0 Å². The van der Waals surface area contributed by atoms with Gasteiger partial charge < -0.3 is 29.4 Å². The largest absolute Gasteiger partial charge is 0.496 e. The first-order chi connectivity index (χ1) is 15.7. The Balaban J connectivity index is 2.32. The molecule has 2 aromatic carbocycles. The molecule has 1 unspecified atom stereocenters. The van der Waals surface area contributed by atoms with Crippen molar-refractivity contribution in [1.29, 1.82) is 0 Å². The summed E-state index contributed by atoms with van der Waals surface area (Å²) in [5, 5.41) is 11.4. The van der Waals surface area contributed by atoms with Crippen LogP contribution in [0.1, 0.15) is 23.5 Å². The van der Waals surface area contributed by atoms with Crippen LogP contribution >= 0.6 is 11.6 Å². The molecule has 0 saturated carbocycles. The fraction of sp³-hybridized carbons (Fsp3) is 0.261. The first kappa shape index (κ1) is 25.5. The number of methoxy groups -OCH3 is 4. The van der Waals surface area contributed by atoms with Gasteiger partial charge in [-0.15, -0.1) is 0 Å². The first-order valence-electron chi connectivity index (χ1n) is 9.62. The molecule has 2 N–H and O–H groups in total. The van der Waals surface area contributed by atoms with Gasteiger partial charge in [0, 0.05) is 35.9 Å². The van der Waals surface area contributed by atoms with Crippen molar-refractivity contribution in [2.75, 3.05) is 33.8 Å². The summed E-state index contributed by atoms with van der Waals surface area (Å²) in [7, 11) is 5.85. The lowest BCUT2D eigenvalue weighted by atomic mass is 9.95. The number of carbonyl (C=O) groups excluding carboxylic acids is 2. The van der Waals surface area contributed by atoms with Crippen LogP contribution in [0.15, 0.2) is 36.4 Å². The second kappa shape index (κ2) is 11.8. The highest BCUT2D eigenvalue weighted by molar-refractivity contribution is 6.63. The SMILES string of the molecule is COc1cc(OC)c(C=CC(=O)Nc2ccc(OC)c(C(CC(=O)Cl)C(=O)O)c2)c(OC)c1. The molecular weight excluding hydrogens is 454 g/mol. The molecule has 2 aromatic rings. The van der Waals surface area contributed by atoms with Gasteiger partial charge in [-0.05, 0) is 35.9 Å². The van der Waals surface area contributed by atoms with Crippen molar-refractivity contribution in [2.45, 2.75) is 12.3 Å². The Morgan fingerprint density at radius 2 is 1.58 bits per heavy atom. The van der Waals surface area contributed by atoms with Gasteiger partial charge in [-0.25, -0.2) is 0 Å². The molecule has 2 rings (SSSR count). The Hall–Kier alpha value is -3.72. The number of halogens is 1. The molecule has 0 radical (unpaired) electrons. The van der Waals surface area contributed by atoms with Gasteiger partial charge in [0.2, 0.25) is 11.1 Å². The lowest BCUT2D eigenvalue weighted by Gasteiger charge is -2.16. The number of carbonyl (C=O) groups is 3. The summed E-state index contributed by atoms with van der Waals surface area (Å²) in [6.07, 6.45) is 2.36. The van der Waals surface area contributed by atoms with Gasteiger partial charge in [0.15, 0.2) is 0 Å². The van der Waals surface area contributed by atoms with E-state index < -0.39 is 29.5 Å². The third-order valence-electron chi connectivity index (χ3n) is 4.69. The lowest BCUT2D eigenvalue weighted by Crippen LogP contribution is -2.16. The van der Waals surface area contributed by atoms with Crippen molar-refractivity contribution >= 4 is 40.5 Å². The molecule has 33 heavy (non-hydrogen) atoms. The van der Waals surface area contributed by atoms with E-state index in [2.05, 4.69) is 5.32 Å². The number of carboxylic acids is 1. The van der Waals surface area contributed by atoms with E-state index in [1.807, 2.05) is 0 Å². The van der Waals surface area contributed by atoms with Crippen LogP contribution in [-0.4, -0.2) is 50.7 Å². The fourth-order valence-corrected chi connectivity index (χ4v) is 3.27. The van der Waals surface area contributed by atoms with E-state index in [1.54, 1.807) is 18.2 Å². The monoisotopic (exact) mass is 477 g/mol. The first-order valence-corrected chi connectivity index (χ1v) is 9.99. The number of rotatable bonds is 11. The van der Waals surface area contributed by atoms with Crippen LogP contribution in [-0.2, 0) is 14.4 Å². The summed E-state index contributed by atoms with van der Waals surface area (Å²) in [5.74, 6) is -1.31. The van der Waals surface area contributed by atoms with E-state index in [0.717, 1.165) is 0 Å². The maximum absolute atomic E-state index is 12.5. The van der Waals surface area contributed by atoms with Crippen LogP contribution in [0.3, 0.4) is 0 Å². The van der Waals surface area contributed by atoms with Crippen LogP contribution in [0.5, 0.6) is 23.0 Å². The zero-order chi connectivity index (χ0) is 24.5. The van der Waals surface area contributed by atoms with Crippen LogP contribution in [0.4, 0.5) is 5.69 Å². The van der Waals surface area contributed by atoms with E-state index in [0.29, 0.717) is 28.5 Å². The second-order valence-electron chi connectivity index (χ2n) is 6.67. The molecule has 0 bridgehead atoms. The summed E-state index contributed by atoms with van der Waals surface area (Å²) in [4.78, 5) is 35.5. The fourth-order valence-electron chi connectivity index (χ4n) is 3.12. The predicted octanol–water partition coefficient (Wildman–Crippen LogP) is 3.70. The minimum atomic E-state index is -1.25. The van der Waals surface area contributed by atoms with Gasteiger partial charge in [-0.1, -0.05) is 0 Å². The Morgan fingerprint density at radius 1 is 0.970 bits per heavy atom. The number of benzene rings is 2. The summed E-state index contributed by atoms with van der Waals surface area (Å²) < 4.78 is 21.1. The molecular formula is C23H24ClNO8. The van der Waals surface area contributed by atoms with Crippen LogP contribution in [0.25, 0.3) is 6.08 Å². The molecule has 176 valence electrons. The normalized spacial score (nSPS) is 11.5. The summed E-state index contributed by atoms with van der Waals surface area (Å²) >= 11 is 5.40. The summed E-state index contributed by atoms with van der Waals surface area (Å²) in [5.41, 5.74) is 1.04. The zero-order valence-electron chi connectivity index (χ0n) is 18.5. The van der Waals surface area contributed by atoms with Crippen molar-refractivity contribution < 1.29 is 38.4 Å². The van der Waals surface area contributed by atoms with E-state index >= 15 is 0 Å². The molecule has 0 aromatic heterocycles. The van der Waals surface area contributed by atoms with Crippen LogP contribution in [0, 0.1) is 0 Å². The van der Waals surface area contributed by atoms with Gasteiger partial charge >= 0.3 is 5.97 Å². The van der Waals surface area contributed by atoms with Gasteiger partial charge in [0.05, 0.1) is 39.9 Å². The molecule has 0 aliphatic rings. The average Bonchev–Trinajstić information content (AvgIpc) is 2.80. The Bertz CT molecular complexity index is 1040. The number of aliphatic carboxylic acids is 1. The summed E-state index contributed by atoms with van der Waals surface area (Å²) in [6.45, 7) is 0. The van der Waals surface area contributed by atoms with Crippen LogP contribution < -0.4 is 24.3 Å². The third-order valence-corrected chi connectivity index (χ3v) is 4.84. The molecule has 0 aliphatic heterocycles. The van der Waals surface area contributed by atoms with E-state index in [1.165, 1.54) is 52.7 Å². The number of nitrogens with one attached hydrogen (secondary N) is 1. The van der Waals surface area contributed by atoms with E-state index in [4.69, 9.17) is 30.5 Å². The topological polar surface area (TPSA) is 120 Å².